The minimum atomic E-state index is 0.315. The van der Waals surface area contributed by atoms with Gasteiger partial charge in [-0.25, -0.2) is 0 Å². The Morgan fingerprint density at radius 1 is 1.04 bits per heavy atom. The Morgan fingerprint density at radius 3 is 2.52 bits per heavy atom. The Kier molecular flexibility index (Phi) is 4.68. The first-order valence-corrected chi connectivity index (χ1v) is 8.11. The summed E-state index contributed by atoms with van der Waals surface area (Å²) in [6, 6.07) is 17.2. The van der Waals surface area contributed by atoms with Gasteiger partial charge in [0.2, 0.25) is 0 Å². The molecule has 0 aliphatic heterocycles. The molecule has 0 amide bonds. The molecule has 1 atom stereocenters. The van der Waals surface area contributed by atoms with Crippen molar-refractivity contribution in [3.05, 3.63) is 65.9 Å². The molecule has 23 heavy (non-hydrogen) atoms. The van der Waals surface area contributed by atoms with E-state index in [1.54, 1.807) is 7.11 Å². The van der Waals surface area contributed by atoms with Crippen LogP contribution in [0, 0.1) is 5.92 Å². The molecule has 0 bridgehead atoms. The van der Waals surface area contributed by atoms with Crippen molar-refractivity contribution in [2.75, 3.05) is 7.11 Å². The molecule has 2 N–H and O–H groups in total. The topological polar surface area (TPSA) is 37.0 Å². The van der Waals surface area contributed by atoms with Gasteiger partial charge < -0.3 is 15.0 Å². The van der Waals surface area contributed by atoms with E-state index in [-0.39, 0.29) is 0 Å². The highest BCUT2D eigenvalue weighted by Gasteiger charge is 2.15. The van der Waals surface area contributed by atoms with E-state index in [1.807, 2.05) is 18.3 Å². The molecule has 3 heteroatoms. The summed E-state index contributed by atoms with van der Waals surface area (Å²) < 4.78 is 5.25. The van der Waals surface area contributed by atoms with Gasteiger partial charge >= 0.3 is 0 Å². The van der Waals surface area contributed by atoms with E-state index in [9.17, 15) is 0 Å². The van der Waals surface area contributed by atoms with E-state index in [0.717, 1.165) is 12.3 Å². The van der Waals surface area contributed by atoms with Crippen LogP contribution in [0.4, 0.5) is 0 Å². The van der Waals surface area contributed by atoms with Crippen molar-refractivity contribution in [2.45, 2.75) is 26.4 Å². The second-order valence-corrected chi connectivity index (χ2v) is 6.23. The molecule has 1 heterocycles. The Bertz CT molecular complexity index is 759. The molecular weight excluding hydrogens is 284 g/mol. The molecule has 0 aliphatic carbocycles. The number of rotatable bonds is 6. The van der Waals surface area contributed by atoms with Gasteiger partial charge in [0.25, 0.3) is 0 Å². The number of hydrogen-bond acceptors (Lipinski definition) is 2. The standard InChI is InChI=1S/C20H24N2O/c1-14(2)20(15-7-9-17(23-3)10-8-15)22-13-16-5-4-6-19-18(16)11-12-21-19/h4-12,14,20-22H,13H2,1-3H3. The fraction of sp³-hybridized carbons (Fsp3) is 0.300. The first-order valence-electron chi connectivity index (χ1n) is 8.11. The molecule has 1 aromatic heterocycles. The van der Waals surface area contributed by atoms with Crippen LogP contribution in [0.3, 0.4) is 0 Å². The van der Waals surface area contributed by atoms with Crippen molar-refractivity contribution < 1.29 is 4.74 Å². The SMILES string of the molecule is COc1ccc(C(NCc2cccc3[nH]ccc23)C(C)C)cc1. The predicted molar refractivity (Wildman–Crippen MR) is 95.7 cm³/mol. The van der Waals surface area contributed by atoms with Crippen molar-refractivity contribution in [1.82, 2.24) is 10.3 Å². The maximum atomic E-state index is 5.25. The van der Waals surface area contributed by atoms with E-state index in [1.165, 1.54) is 22.0 Å². The average molecular weight is 308 g/mol. The molecule has 1 unspecified atom stereocenters. The number of aromatic amines is 1. The highest BCUT2D eigenvalue weighted by atomic mass is 16.5. The summed E-state index contributed by atoms with van der Waals surface area (Å²) in [5.41, 5.74) is 3.81. The third kappa shape index (κ3) is 3.40. The zero-order valence-corrected chi connectivity index (χ0v) is 14.0. The third-order valence-corrected chi connectivity index (χ3v) is 4.34. The monoisotopic (exact) mass is 308 g/mol. The fourth-order valence-electron chi connectivity index (χ4n) is 3.07. The van der Waals surface area contributed by atoms with Gasteiger partial charge in [0.1, 0.15) is 5.75 Å². The predicted octanol–water partition coefficient (Wildman–Crippen LogP) is 4.66. The van der Waals surface area contributed by atoms with Crippen molar-refractivity contribution in [2.24, 2.45) is 5.92 Å². The highest BCUT2D eigenvalue weighted by molar-refractivity contribution is 5.82. The van der Waals surface area contributed by atoms with Crippen LogP contribution in [0.5, 0.6) is 5.75 Å². The molecule has 0 radical (unpaired) electrons. The lowest BCUT2D eigenvalue weighted by Gasteiger charge is -2.23. The number of nitrogens with one attached hydrogen (secondary N) is 2. The average Bonchev–Trinajstić information content (AvgIpc) is 3.04. The van der Waals surface area contributed by atoms with E-state index in [0.29, 0.717) is 12.0 Å². The number of ether oxygens (including phenoxy) is 1. The second-order valence-electron chi connectivity index (χ2n) is 6.23. The molecule has 3 nitrogen and oxygen atoms in total. The van der Waals surface area contributed by atoms with Crippen molar-refractivity contribution in [1.29, 1.82) is 0 Å². The Morgan fingerprint density at radius 2 is 1.83 bits per heavy atom. The summed E-state index contributed by atoms with van der Waals surface area (Å²) in [6.07, 6.45) is 2.00. The number of methoxy groups -OCH3 is 1. The summed E-state index contributed by atoms with van der Waals surface area (Å²) in [5, 5.41) is 5.01. The Labute approximate surface area is 137 Å². The summed E-state index contributed by atoms with van der Waals surface area (Å²) in [7, 11) is 1.70. The maximum absolute atomic E-state index is 5.25. The molecule has 0 spiro atoms. The molecule has 0 saturated heterocycles. The zero-order chi connectivity index (χ0) is 16.2. The summed E-state index contributed by atoms with van der Waals surface area (Å²) in [4.78, 5) is 3.27. The number of H-pyrrole nitrogens is 1. The van der Waals surface area contributed by atoms with Crippen molar-refractivity contribution in [3.8, 4) is 5.75 Å². The van der Waals surface area contributed by atoms with E-state index >= 15 is 0 Å². The van der Waals surface area contributed by atoms with Crippen LogP contribution in [0.25, 0.3) is 10.9 Å². The Hall–Kier alpha value is -2.26. The van der Waals surface area contributed by atoms with Crippen LogP contribution in [-0.4, -0.2) is 12.1 Å². The van der Waals surface area contributed by atoms with Crippen LogP contribution < -0.4 is 10.1 Å². The molecule has 0 aliphatic rings. The maximum Gasteiger partial charge on any atom is 0.118 e. The van der Waals surface area contributed by atoms with E-state index in [4.69, 9.17) is 4.74 Å². The van der Waals surface area contributed by atoms with Crippen LogP contribution in [0.15, 0.2) is 54.7 Å². The van der Waals surface area contributed by atoms with Crippen LogP contribution in [0.1, 0.15) is 31.0 Å². The van der Waals surface area contributed by atoms with Crippen LogP contribution in [0.2, 0.25) is 0 Å². The van der Waals surface area contributed by atoms with Crippen LogP contribution in [-0.2, 0) is 6.54 Å². The largest absolute Gasteiger partial charge is 0.497 e. The van der Waals surface area contributed by atoms with Gasteiger partial charge in [-0.1, -0.05) is 38.1 Å². The quantitative estimate of drug-likeness (QED) is 0.694. The molecule has 0 saturated carbocycles. The molecular formula is C20H24N2O. The van der Waals surface area contributed by atoms with Gasteiger partial charge in [0.15, 0.2) is 0 Å². The number of aromatic nitrogens is 1. The highest BCUT2D eigenvalue weighted by Crippen LogP contribution is 2.25. The lowest BCUT2D eigenvalue weighted by Crippen LogP contribution is -2.25. The van der Waals surface area contributed by atoms with E-state index in [2.05, 4.69) is 60.5 Å². The summed E-state index contributed by atoms with van der Waals surface area (Å²) in [5.74, 6) is 1.40. The first kappa shape index (κ1) is 15.6. The van der Waals surface area contributed by atoms with Gasteiger partial charge in [0, 0.05) is 29.7 Å². The minimum Gasteiger partial charge on any atom is -0.497 e. The second kappa shape index (κ2) is 6.88. The van der Waals surface area contributed by atoms with Gasteiger partial charge in [-0.3, -0.25) is 0 Å². The number of hydrogen-bond donors (Lipinski definition) is 2. The van der Waals surface area contributed by atoms with Crippen LogP contribution >= 0.6 is 0 Å². The molecule has 0 fully saturated rings. The molecule has 2 aromatic carbocycles. The summed E-state index contributed by atoms with van der Waals surface area (Å²) >= 11 is 0. The normalized spacial score (nSPS) is 12.7. The summed E-state index contributed by atoms with van der Waals surface area (Å²) in [6.45, 7) is 5.35. The first-order chi connectivity index (χ1) is 11.2. The van der Waals surface area contributed by atoms with Crippen molar-refractivity contribution >= 4 is 10.9 Å². The zero-order valence-electron chi connectivity index (χ0n) is 14.0. The molecule has 120 valence electrons. The van der Waals surface area contributed by atoms with Gasteiger partial charge in [-0.15, -0.1) is 0 Å². The number of benzene rings is 2. The fourth-order valence-corrected chi connectivity index (χ4v) is 3.07. The third-order valence-electron chi connectivity index (χ3n) is 4.34. The molecule has 3 rings (SSSR count). The van der Waals surface area contributed by atoms with Gasteiger partial charge in [-0.05, 0) is 41.3 Å². The lowest BCUT2D eigenvalue weighted by molar-refractivity contribution is 0.404. The van der Waals surface area contributed by atoms with Gasteiger partial charge in [-0.2, -0.15) is 0 Å². The minimum absolute atomic E-state index is 0.315. The molecule has 3 aromatic rings. The van der Waals surface area contributed by atoms with E-state index < -0.39 is 0 Å². The lowest BCUT2D eigenvalue weighted by atomic mass is 9.95. The van der Waals surface area contributed by atoms with Gasteiger partial charge in [0.05, 0.1) is 7.11 Å². The number of fused-ring (bicyclic) bond motifs is 1. The smallest absolute Gasteiger partial charge is 0.118 e. The Balaban J connectivity index is 1.78. The van der Waals surface area contributed by atoms with Crippen molar-refractivity contribution in [3.63, 3.8) is 0 Å².